The molecule has 12 heteroatoms. The molecule has 0 radical (unpaired) electrons. The molecule has 0 aliphatic heterocycles. The summed E-state index contributed by atoms with van der Waals surface area (Å²) in [6, 6.07) is 16.9. The highest BCUT2D eigenvalue weighted by atomic mass is 35.5. The van der Waals surface area contributed by atoms with Crippen molar-refractivity contribution in [3.8, 4) is 0 Å². The minimum Gasteiger partial charge on any atom is -0.338 e. The summed E-state index contributed by atoms with van der Waals surface area (Å²) in [5.74, 6) is 0.682. The molecule has 8 nitrogen and oxygen atoms in total. The van der Waals surface area contributed by atoms with E-state index < -0.39 is 10.0 Å². The first-order valence-corrected chi connectivity index (χ1v) is 15.2. The standard InChI is InChI=1S/C28H30Cl3N5O3S/c1-28(2,3)35-27(37)32-13-12-26-34-24-15-21(40(38,39)33-16-18-8-9-20(29)14-23(18)31)10-11-25(24)36(26)17-19-6-4-5-7-22(19)30/h4-11,14-15,33H,12-13,16-17H2,1-3H3,(H2,32,35,37). The maximum Gasteiger partial charge on any atom is 0.315 e. The second kappa shape index (κ2) is 12.4. The Bertz CT molecular complexity index is 1650. The molecule has 0 aliphatic carbocycles. The Hall–Kier alpha value is -2.82. The molecule has 1 aromatic heterocycles. The summed E-state index contributed by atoms with van der Waals surface area (Å²) >= 11 is 18.6. The van der Waals surface area contributed by atoms with Crippen molar-refractivity contribution in [1.82, 2.24) is 24.9 Å². The summed E-state index contributed by atoms with van der Waals surface area (Å²) < 4.78 is 30.8. The van der Waals surface area contributed by atoms with Gasteiger partial charge in [0.05, 0.1) is 22.5 Å². The van der Waals surface area contributed by atoms with Crippen LogP contribution in [-0.4, -0.2) is 36.1 Å². The lowest BCUT2D eigenvalue weighted by atomic mass is 10.1. The van der Waals surface area contributed by atoms with Crippen LogP contribution in [0.3, 0.4) is 0 Å². The molecule has 40 heavy (non-hydrogen) atoms. The van der Waals surface area contributed by atoms with E-state index in [9.17, 15) is 13.2 Å². The highest BCUT2D eigenvalue weighted by molar-refractivity contribution is 7.89. The van der Waals surface area contributed by atoms with E-state index in [1.165, 1.54) is 12.1 Å². The lowest BCUT2D eigenvalue weighted by molar-refractivity contribution is 0.232. The predicted octanol–water partition coefficient (Wildman–Crippen LogP) is 6.16. The third-order valence-electron chi connectivity index (χ3n) is 5.99. The van der Waals surface area contributed by atoms with Crippen LogP contribution in [0.15, 0.2) is 65.6 Å². The van der Waals surface area contributed by atoms with Crippen LogP contribution in [-0.2, 0) is 29.5 Å². The summed E-state index contributed by atoms with van der Waals surface area (Å²) in [5, 5.41) is 7.18. The van der Waals surface area contributed by atoms with Gasteiger partial charge in [-0.1, -0.05) is 59.1 Å². The highest BCUT2D eigenvalue weighted by Gasteiger charge is 2.19. The summed E-state index contributed by atoms with van der Waals surface area (Å²) in [6.07, 6.45) is 0.423. The van der Waals surface area contributed by atoms with Gasteiger partial charge in [-0.2, -0.15) is 0 Å². The third-order valence-corrected chi connectivity index (χ3v) is 8.34. The van der Waals surface area contributed by atoms with E-state index in [4.69, 9.17) is 39.8 Å². The van der Waals surface area contributed by atoms with Crippen LogP contribution in [0.1, 0.15) is 37.7 Å². The number of sulfonamides is 1. The first-order valence-electron chi connectivity index (χ1n) is 12.5. The molecule has 0 aliphatic rings. The predicted molar refractivity (Wildman–Crippen MR) is 161 cm³/mol. The van der Waals surface area contributed by atoms with Gasteiger partial charge in [0, 0.05) is 40.1 Å². The monoisotopic (exact) mass is 621 g/mol. The van der Waals surface area contributed by atoms with Crippen LogP contribution in [0.5, 0.6) is 0 Å². The molecular formula is C28H30Cl3N5O3S. The number of rotatable bonds is 9. The van der Waals surface area contributed by atoms with Gasteiger partial charge in [-0.15, -0.1) is 0 Å². The summed E-state index contributed by atoms with van der Waals surface area (Å²) in [5.41, 5.74) is 2.38. The minimum atomic E-state index is -3.87. The Labute approximate surface area is 249 Å². The maximum atomic E-state index is 13.1. The van der Waals surface area contributed by atoms with Crippen LogP contribution in [0.4, 0.5) is 4.79 Å². The molecule has 0 spiro atoms. The Morgan fingerprint density at radius 1 is 0.950 bits per heavy atom. The first-order chi connectivity index (χ1) is 18.8. The quantitative estimate of drug-likeness (QED) is 0.208. The Balaban J connectivity index is 1.61. The second-order valence-electron chi connectivity index (χ2n) is 10.3. The van der Waals surface area contributed by atoms with E-state index in [1.54, 1.807) is 24.3 Å². The topological polar surface area (TPSA) is 105 Å². The number of fused-ring (bicyclic) bond motifs is 1. The lowest BCUT2D eigenvalue weighted by Gasteiger charge is -2.20. The molecule has 4 rings (SSSR count). The molecule has 0 unspecified atom stereocenters. The first kappa shape index (κ1) is 30.1. The molecule has 0 atom stereocenters. The van der Waals surface area contributed by atoms with Gasteiger partial charge in [-0.25, -0.2) is 22.9 Å². The fourth-order valence-corrected chi connectivity index (χ4v) is 5.78. The Morgan fingerprint density at radius 2 is 1.70 bits per heavy atom. The molecule has 3 N–H and O–H groups in total. The van der Waals surface area contributed by atoms with Crippen molar-refractivity contribution in [2.24, 2.45) is 0 Å². The van der Waals surface area contributed by atoms with Crippen LogP contribution in [0.25, 0.3) is 11.0 Å². The summed E-state index contributed by atoms with van der Waals surface area (Å²) in [7, 11) is -3.87. The number of halogens is 3. The molecule has 4 aromatic rings. The number of nitrogens with zero attached hydrogens (tertiary/aromatic N) is 2. The third kappa shape index (κ3) is 7.67. The van der Waals surface area contributed by atoms with Crippen molar-refractivity contribution < 1.29 is 13.2 Å². The van der Waals surface area contributed by atoms with Gasteiger partial charge >= 0.3 is 6.03 Å². The van der Waals surface area contributed by atoms with Gasteiger partial charge in [-0.05, 0) is 68.3 Å². The van der Waals surface area contributed by atoms with Crippen molar-refractivity contribution in [2.45, 2.75) is 50.7 Å². The largest absolute Gasteiger partial charge is 0.338 e. The van der Waals surface area contributed by atoms with E-state index in [1.807, 2.05) is 49.6 Å². The molecule has 0 bridgehead atoms. The molecule has 212 valence electrons. The van der Waals surface area contributed by atoms with E-state index in [0.717, 1.165) is 11.1 Å². The van der Waals surface area contributed by atoms with Gasteiger partial charge in [0.1, 0.15) is 5.82 Å². The number of benzene rings is 3. The molecular weight excluding hydrogens is 593 g/mol. The highest BCUT2D eigenvalue weighted by Crippen LogP contribution is 2.25. The van der Waals surface area contributed by atoms with Crippen molar-refractivity contribution in [3.05, 3.63) is 92.7 Å². The fourth-order valence-electron chi connectivity index (χ4n) is 4.08. The van der Waals surface area contributed by atoms with E-state index >= 15 is 0 Å². The lowest BCUT2D eigenvalue weighted by Crippen LogP contribution is -2.46. The van der Waals surface area contributed by atoms with Crippen LogP contribution >= 0.6 is 34.8 Å². The van der Waals surface area contributed by atoms with Crippen LogP contribution < -0.4 is 15.4 Å². The normalized spacial score (nSPS) is 12.1. The molecule has 2 amide bonds. The second-order valence-corrected chi connectivity index (χ2v) is 13.3. The number of nitrogens with one attached hydrogen (secondary N) is 3. The SMILES string of the molecule is CC(C)(C)NC(=O)NCCc1nc2cc(S(=O)(=O)NCc3ccc(Cl)cc3Cl)ccc2n1Cc1ccccc1Cl. The zero-order valence-electron chi connectivity index (χ0n) is 22.3. The average molecular weight is 623 g/mol. The Kier molecular flexibility index (Phi) is 9.32. The number of urea groups is 1. The molecule has 3 aromatic carbocycles. The number of hydrogen-bond acceptors (Lipinski definition) is 4. The zero-order valence-corrected chi connectivity index (χ0v) is 25.3. The van der Waals surface area contributed by atoms with Gasteiger partial charge in [0.2, 0.25) is 10.0 Å². The van der Waals surface area contributed by atoms with E-state index in [2.05, 4.69) is 15.4 Å². The Morgan fingerprint density at radius 3 is 2.40 bits per heavy atom. The summed E-state index contributed by atoms with van der Waals surface area (Å²) in [4.78, 5) is 17.1. The van der Waals surface area contributed by atoms with Crippen molar-refractivity contribution in [1.29, 1.82) is 0 Å². The van der Waals surface area contributed by atoms with Crippen molar-refractivity contribution in [3.63, 3.8) is 0 Å². The number of carbonyl (C=O) groups is 1. The summed E-state index contributed by atoms with van der Waals surface area (Å²) in [6.45, 7) is 6.48. The van der Waals surface area contributed by atoms with Crippen LogP contribution in [0.2, 0.25) is 15.1 Å². The van der Waals surface area contributed by atoms with Crippen molar-refractivity contribution in [2.75, 3.05) is 6.54 Å². The number of carbonyl (C=O) groups excluding carboxylic acids is 1. The average Bonchev–Trinajstić information content (AvgIpc) is 3.20. The molecule has 0 saturated heterocycles. The molecule has 1 heterocycles. The van der Waals surface area contributed by atoms with Crippen LogP contribution in [0, 0.1) is 0 Å². The number of imidazole rings is 1. The zero-order chi connectivity index (χ0) is 29.1. The van der Waals surface area contributed by atoms with Gasteiger partial charge in [0.25, 0.3) is 0 Å². The number of aromatic nitrogens is 2. The van der Waals surface area contributed by atoms with Gasteiger partial charge < -0.3 is 15.2 Å². The van der Waals surface area contributed by atoms with Gasteiger partial charge in [0.15, 0.2) is 0 Å². The molecule has 0 fully saturated rings. The van der Waals surface area contributed by atoms with Crippen molar-refractivity contribution >= 4 is 61.9 Å². The smallest absolute Gasteiger partial charge is 0.315 e. The maximum absolute atomic E-state index is 13.1. The number of amides is 2. The van der Waals surface area contributed by atoms with E-state index in [0.29, 0.717) is 51.5 Å². The number of hydrogen-bond donors (Lipinski definition) is 3. The minimum absolute atomic E-state index is 0.00483. The van der Waals surface area contributed by atoms with E-state index in [-0.39, 0.29) is 23.0 Å². The molecule has 0 saturated carbocycles. The van der Waals surface area contributed by atoms with Gasteiger partial charge in [-0.3, -0.25) is 0 Å². The fraction of sp³-hybridized carbons (Fsp3) is 0.286.